The van der Waals surface area contributed by atoms with Crippen molar-refractivity contribution in [2.24, 2.45) is 11.8 Å². The van der Waals surface area contributed by atoms with Gasteiger partial charge < -0.3 is 0 Å². The second kappa shape index (κ2) is 2.52. The highest BCUT2D eigenvalue weighted by Crippen LogP contribution is 2.26. The fourth-order valence-electron chi connectivity index (χ4n) is 1.44. The molecule has 0 aliphatic heterocycles. The van der Waals surface area contributed by atoms with Gasteiger partial charge in [0.15, 0.2) is 0 Å². The highest BCUT2D eigenvalue weighted by Gasteiger charge is 2.36. The minimum atomic E-state index is -0.160. The molecule has 56 valence electrons. The minimum Gasteiger partial charge on any atom is -0.291 e. The van der Waals surface area contributed by atoms with Crippen molar-refractivity contribution in [1.82, 2.24) is 0 Å². The van der Waals surface area contributed by atoms with E-state index in [0.29, 0.717) is 0 Å². The summed E-state index contributed by atoms with van der Waals surface area (Å²) in [5.41, 5.74) is 0. The standard InChI is InChI=1S/C8H12O2/c1-3-6-4-5(2)7(9)8(6)10/h5-6H,3-4H2,1-2H3. The summed E-state index contributed by atoms with van der Waals surface area (Å²) in [6.45, 7) is 3.78. The Bertz CT molecular complexity index is 172. The molecule has 1 saturated carbocycles. The summed E-state index contributed by atoms with van der Waals surface area (Å²) < 4.78 is 0. The van der Waals surface area contributed by atoms with Crippen LogP contribution in [0.4, 0.5) is 0 Å². The van der Waals surface area contributed by atoms with Crippen LogP contribution < -0.4 is 0 Å². The van der Waals surface area contributed by atoms with E-state index in [4.69, 9.17) is 0 Å². The van der Waals surface area contributed by atoms with E-state index in [0.717, 1.165) is 12.8 Å². The van der Waals surface area contributed by atoms with Gasteiger partial charge in [-0.3, -0.25) is 9.59 Å². The van der Waals surface area contributed by atoms with Gasteiger partial charge in [0.2, 0.25) is 11.6 Å². The molecule has 2 nitrogen and oxygen atoms in total. The van der Waals surface area contributed by atoms with Gasteiger partial charge in [-0.15, -0.1) is 0 Å². The fourth-order valence-corrected chi connectivity index (χ4v) is 1.44. The summed E-state index contributed by atoms with van der Waals surface area (Å²) in [7, 11) is 0. The van der Waals surface area contributed by atoms with E-state index in [1.165, 1.54) is 0 Å². The second-order valence-electron chi connectivity index (χ2n) is 2.97. The summed E-state index contributed by atoms with van der Waals surface area (Å²) in [5, 5.41) is 0. The Morgan fingerprint density at radius 1 is 1.40 bits per heavy atom. The summed E-state index contributed by atoms with van der Waals surface area (Å²) in [6, 6.07) is 0. The number of Topliss-reactive ketones (excluding diaryl/α,β-unsaturated/α-hetero) is 2. The van der Waals surface area contributed by atoms with Crippen molar-refractivity contribution in [1.29, 1.82) is 0 Å². The molecule has 0 spiro atoms. The fraction of sp³-hybridized carbons (Fsp3) is 0.750. The lowest BCUT2D eigenvalue weighted by Gasteiger charge is -1.99. The predicted octanol–water partition coefficient (Wildman–Crippen LogP) is 1.19. The molecule has 0 aromatic heterocycles. The molecule has 10 heavy (non-hydrogen) atoms. The van der Waals surface area contributed by atoms with Gasteiger partial charge in [0.05, 0.1) is 0 Å². The van der Waals surface area contributed by atoms with Gasteiger partial charge in [0.25, 0.3) is 0 Å². The molecule has 0 amide bonds. The van der Waals surface area contributed by atoms with Crippen LogP contribution in [0.25, 0.3) is 0 Å². The molecule has 1 aliphatic rings. The topological polar surface area (TPSA) is 34.1 Å². The maximum Gasteiger partial charge on any atom is 0.201 e. The number of rotatable bonds is 1. The van der Waals surface area contributed by atoms with Crippen molar-refractivity contribution in [3.63, 3.8) is 0 Å². The van der Waals surface area contributed by atoms with Gasteiger partial charge in [0, 0.05) is 11.8 Å². The van der Waals surface area contributed by atoms with Crippen LogP contribution in [-0.2, 0) is 9.59 Å². The first-order valence-corrected chi connectivity index (χ1v) is 3.74. The SMILES string of the molecule is CCC1CC(C)C(=O)C1=O. The third-order valence-electron chi connectivity index (χ3n) is 2.19. The molecule has 0 aromatic rings. The van der Waals surface area contributed by atoms with Gasteiger partial charge in [-0.25, -0.2) is 0 Å². The largest absolute Gasteiger partial charge is 0.291 e. The lowest BCUT2D eigenvalue weighted by molar-refractivity contribution is -0.136. The average Bonchev–Trinajstić information content (AvgIpc) is 2.17. The third-order valence-corrected chi connectivity index (χ3v) is 2.19. The second-order valence-corrected chi connectivity index (χ2v) is 2.97. The molecule has 2 unspecified atom stereocenters. The van der Waals surface area contributed by atoms with E-state index in [2.05, 4.69) is 0 Å². The van der Waals surface area contributed by atoms with Crippen molar-refractivity contribution < 1.29 is 9.59 Å². The maximum atomic E-state index is 11.0. The zero-order chi connectivity index (χ0) is 7.72. The number of carbonyl (C=O) groups is 2. The number of hydrogen-bond acceptors (Lipinski definition) is 2. The Labute approximate surface area is 60.6 Å². The molecule has 0 N–H and O–H groups in total. The Hall–Kier alpha value is -0.660. The molecule has 2 heteroatoms. The molecule has 1 fully saturated rings. The van der Waals surface area contributed by atoms with Crippen LogP contribution in [0.3, 0.4) is 0 Å². The Morgan fingerprint density at radius 2 is 2.00 bits per heavy atom. The van der Waals surface area contributed by atoms with Gasteiger partial charge in [-0.2, -0.15) is 0 Å². The molecule has 2 atom stereocenters. The van der Waals surface area contributed by atoms with Crippen molar-refractivity contribution >= 4 is 11.6 Å². The lowest BCUT2D eigenvalue weighted by Crippen LogP contribution is -2.14. The van der Waals surface area contributed by atoms with E-state index in [-0.39, 0.29) is 23.4 Å². The number of ketones is 2. The van der Waals surface area contributed by atoms with Crippen LogP contribution in [0.1, 0.15) is 26.7 Å². The van der Waals surface area contributed by atoms with Crippen LogP contribution in [0.15, 0.2) is 0 Å². The predicted molar refractivity (Wildman–Crippen MR) is 37.6 cm³/mol. The first-order chi connectivity index (χ1) is 4.66. The molecular weight excluding hydrogens is 128 g/mol. The van der Waals surface area contributed by atoms with Crippen LogP contribution in [0, 0.1) is 11.8 Å². The number of hydrogen-bond donors (Lipinski definition) is 0. The molecule has 1 rings (SSSR count). The quantitative estimate of drug-likeness (QED) is 0.513. The zero-order valence-corrected chi connectivity index (χ0v) is 6.39. The highest BCUT2D eigenvalue weighted by atomic mass is 16.2. The molecule has 0 bridgehead atoms. The first kappa shape index (κ1) is 7.45. The van der Waals surface area contributed by atoms with Gasteiger partial charge in [-0.1, -0.05) is 13.8 Å². The summed E-state index contributed by atoms with van der Waals surface area (Å²) in [5.74, 6) is -0.290. The van der Waals surface area contributed by atoms with Gasteiger partial charge >= 0.3 is 0 Å². The normalized spacial score (nSPS) is 33.4. The molecule has 0 aromatic carbocycles. The summed E-state index contributed by atoms with van der Waals surface area (Å²) in [4.78, 5) is 21.9. The van der Waals surface area contributed by atoms with E-state index in [1.807, 2.05) is 13.8 Å². The van der Waals surface area contributed by atoms with Crippen molar-refractivity contribution in [2.45, 2.75) is 26.7 Å². The average molecular weight is 140 g/mol. The molecule has 1 aliphatic carbocycles. The molecule has 0 radical (unpaired) electrons. The number of carbonyl (C=O) groups excluding carboxylic acids is 2. The Morgan fingerprint density at radius 3 is 2.20 bits per heavy atom. The van der Waals surface area contributed by atoms with Crippen LogP contribution in [-0.4, -0.2) is 11.6 Å². The van der Waals surface area contributed by atoms with Crippen LogP contribution in [0.2, 0.25) is 0 Å². The third kappa shape index (κ3) is 0.981. The van der Waals surface area contributed by atoms with Gasteiger partial charge in [0.1, 0.15) is 0 Å². The summed E-state index contributed by atoms with van der Waals surface area (Å²) >= 11 is 0. The monoisotopic (exact) mass is 140 g/mol. The van der Waals surface area contributed by atoms with E-state index >= 15 is 0 Å². The Kier molecular flexibility index (Phi) is 1.88. The molecular formula is C8H12O2. The van der Waals surface area contributed by atoms with Gasteiger partial charge in [-0.05, 0) is 12.8 Å². The smallest absolute Gasteiger partial charge is 0.201 e. The summed E-state index contributed by atoms with van der Waals surface area (Å²) in [6.07, 6.45) is 1.59. The Balaban J connectivity index is 2.71. The first-order valence-electron chi connectivity index (χ1n) is 3.74. The van der Waals surface area contributed by atoms with Crippen molar-refractivity contribution in [3.8, 4) is 0 Å². The molecule has 0 saturated heterocycles. The highest BCUT2D eigenvalue weighted by molar-refractivity contribution is 6.40. The van der Waals surface area contributed by atoms with E-state index in [9.17, 15) is 9.59 Å². The maximum absolute atomic E-state index is 11.0. The molecule has 0 heterocycles. The van der Waals surface area contributed by atoms with Crippen LogP contribution in [0.5, 0.6) is 0 Å². The van der Waals surface area contributed by atoms with Crippen molar-refractivity contribution in [2.75, 3.05) is 0 Å². The van der Waals surface area contributed by atoms with E-state index in [1.54, 1.807) is 0 Å². The lowest BCUT2D eigenvalue weighted by atomic mass is 10.0. The minimum absolute atomic E-state index is 0.0163. The van der Waals surface area contributed by atoms with Crippen molar-refractivity contribution in [3.05, 3.63) is 0 Å². The zero-order valence-electron chi connectivity index (χ0n) is 6.39. The van der Waals surface area contributed by atoms with Crippen LogP contribution >= 0.6 is 0 Å². The van der Waals surface area contributed by atoms with E-state index < -0.39 is 0 Å².